The van der Waals surface area contributed by atoms with Crippen LogP contribution in [0.2, 0.25) is 0 Å². The number of aromatic amines is 2. The van der Waals surface area contributed by atoms with Gasteiger partial charge in [0.2, 0.25) is 5.91 Å². The molecule has 4 N–H and O–H groups in total. The Bertz CT molecular complexity index is 1060. The summed E-state index contributed by atoms with van der Waals surface area (Å²) in [5.74, 6) is -0.353. The van der Waals surface area contributed by atoms with Gasteiger partial charge < -0.3 is 20.6 Å². The van der Waals surface area contributed by atoms with Crippen LogP contribution in [0.1, 0.15) is 36.2 Å². The van der Waals surface area contributed by atoms with Crippen LogP contribution in [-0.4, -0.2) is 27.8 Å². The van der Waals surface area contributed by atoms with Crippen LogP contribution in [0.5, 0.6) is 0 Å². The number of aryl methyl sites for hydroxylation is 1. The number of carbonyl (C=O) groups excluding carboxylic acids is 2. The number of benzene rings is 2. The second-order valence-corrected chi connectivity index (χ2v) is 7.30. The lowest BCUT2D eigenvalue weighted by Crippen LogP contribution is -2.44. The summed E-state index contributed by atoms with van der Waals surface area (Å²) >= 11 is 0. The monoisotopic (exact) mass is 380 g/mol. The summed E-state index contributed by atoms with van der Waals surface area (Å²) in [6.07, 6.45) is 0.507. The Labute approximate surface area is 162 Å². The maximum atomic E-state index is 12.8. The van der Waals surface area contributed by atoms with Crippen LogP contribution < -0.4 is 16.3 Å². The molecule has 0 bridgehead atoms. The first-order chi connectivity index (χ1) is 13.3. The summed E-state index contributed by atoms with van der Waals surface area (Å²) in [7, 11) is 0. The highest BCUT2D eigenvalue weighted by Crippen LogP contribution is 2.16. The van der Waals surface area contributed by atoms with Crippen molar-refractivity contribution in [3.8, 4) is 0 Å². The van der Waals surface area contributed by atoms with Gasteiger partial charge in [-0.15, -0.1) is 0 Å². The first kappa shape index (κ1) is 19.4. The molecule has 28 heavy (non-hydrogen) atoms. The van der Waals surface area contributed by atoms with E-state index in [2.05, 4.69) is 20.6 Å². The van der Waals surface area contributed by atoms with Crippen molar-refractivity contribution in [1.29, 1.82) is 0 Å². The predicted molar refractivity (Wildman–Crippen MR) is 109 cm³/mol. The SMILES string of the molecule is Cc1ccccc1C(=O)NC(CC(C)C)C(=O)Nc1ccc2[nH]c(=O)[nH]c2c1. The van der Waals surface area contributed by atoms with E-state index in [9.17, 15) is 14.4 Å². The van der Waals surface area contributed by atoms with Crippen molar-refractivity contribution < 1.29 is 9.59 Å². The van der Waals surface area contributed by atoms with Crippen LogP contribution in [0, 0.1) is 12.8 Å². The van der Waals surface area contributed by atoms with Crippen LogP contribution in [0.3, 0.4) is 0 Å². The average Bonchev–Trinajstić information content (AvgIpc) is 3.00. The van der Waals surface area contributed by atoms with Crippen LogP contribution >= 0.6 is 0 Å². The number of carbonyl (C=O) groups is 2. The fourth-order valence-electron chi connectivity index (χ4n) is 3.11. The molecule has 0 saturated carbocycles. The lowest BCUT2D eigenvalue weighted by atomic mass is 10.0. The van der Waals surface area contributed by atoms with E-state index >= 15 is 0 Å². The summed E-state index contributed by atoms with van der Waals surface area (Å²) in [6.45, 7) is 5.85. The minimum Gasteiger partial charge on any atom is -0.340 e. The largest absolute Gasteiger partial charge is 0.340 e. The molecular formula is C21H24N4O3. The highest BCUT2D eigenvalue weighted by molar-refractivity contribution is 6.02. The van der Waals surface area contributed by atoms with E-state index in [0.717, 1.165) is 5.56 Å². The Hall–Kier alpha value is -3.35. The van der Waals surface area contributed by atoms with Gasteiger partial charge in [0.05, 0.1) is 11.0 Å². The van der Waals surface area contributed by atoms with Gasteiger partial charge >= 0.3 is 5.69 Å². The van der Waals surface area contributed by atoms with Crippen molar-refractivity contribution in [1.82, 2.24) is 15.3 Å². The normalized spacial score (nSPS) is 12.1. The molecule has 7 heteroatoms. The lowest BCUT2D eigenvalue weighted by Gasteiger charge is -2.20. The molecule has 2 amide bonds. The third kappa shape index (κ3) is 4.49. The number of hydrogen-bond acceptors (Lipinski definition) is 3. The Balaban J connectivity index is 1.77. The van der Waals surface area contributed by atoms with Crippen molar-refractivity contribution >= 4 is 28.5 Å². The number of amides is 2. The molecule has 146 valence electrons. The Morgan fingerprint density at radius 2 is 1.75 bits per heavy atom. The Kier molecular flexibility index (Phi) is 5.63. The summed E-state index contributed by atoms with van der Waals surface area (Å²) in [5, 5.41) is 5.68. The van der Waals surface area contributed by atoms with Crippen molar-refractivity contribution in [3.63, 3.8) is 0 Å². The van der Waals surface area contributed by atoms with Gasteiger partial charge in [-0.1, -0.05) is 32.0 Å². The highest BCUT2D eigenvalue weighted by Gasteiger charge is 2.23. The molecular weight excluding hydrogens is 356 g/mol. The summed E-state index contributed by atoms with van der Waals surface area (Å²) < 4.78 is 0. The fourth-order valence-corrected chi connectivity index (χ4v) is 3.11. The maximum absolute atomic E-state index is 12.8. The quantitative estimate of drug-likeness (QED) is 0.528. The first-order valence-electron chi connectivity index (χ1n) is 9.23. The molecule has 1 heterocycles. The van der Waals surface area contributed by atoms with Gasteiger partial charge in [-0.05, 0) is 49.1 Å². The number of fused-ring (bicyclic) bond motifs is 1. The predicted octanol–water partition coefficient (Wildman–Crippen LogP) is 2.95. The van der Waals surface area contributed by atoms with Crippen molar-refractivity contribution in [2.24, 2.45) is 5.92 Å². The van der Waals surface area contributed by atoms with Crippen molar-refractivity contribution in [2.45, 2.75) is 33.2 Å². The Morgan fingerprint density at radius 3 is 2.46 bits per heavy atom. The third-order valence-electron chi connectivity index (χ3n) is 4.50. The molecule has 3 rings (SSSR count). The van der Waals surface area contributed by atoms with Crippen LogP contribution in [0.15, 0.2) is 47.3 Å². The summed E-state index contributed by atoms with van der Waals surface area (Å²) in [5.41, 5.74) is 2.91. The van der Waals surface area contributed by atoms with E-state index in [4.69, 9.17) is 0 Å². The van der Waals surface area contributed by atoms with E-state index in [1.54, 1.807) is 30.3 Å². The molecule has 0 radical (unpaired) electrons. The zero-order valence-corrected chi connectivity index (χ0v) is 16.1. The fraction of sp³-hybridized carbons (Fsp3) is 0.286. The average molecular weight is 380 g/mol. The van der Waals surface area contributed by atoms with Gasteiger partial charge in [0.25, 0.3) is 5.91 Å². The molecule has 0 spiro atoms. The van der Waals surface area contributed by atoms with Gasteiger partial charge in [0.1, 0.15) is 6.04 Å². The minimum atomic E-state index is -0.673. The topological polar surface area (TPSA) is 107 Å². The van der Waals surface area contributed by atoms with Gasteiger partial charge in [0.15, 0.2) is 0 Å². The van der Waals surface area contributed by atoms with Gasteiger partial charge in [-0.2, -0.15) is 0 Å². The highest BCUT2D eigenvalue weighted by atomic mass is 16.2. The van der Waals surface area contributed by atoms with Crippen LogP contribution in [-0.2, 0) is 4.79 Å². The Morgan fingerprint density at radius 1 is 1.04 bits per heavy atom. The summed E-state index contributed by atoms with van der Waals surface area (Å²) in [6, 6.07) is 11.7. The number of H-pyrrole nitrogens is 2. The molecule has 0 aliphatic heterocycles. The van der Waals surface area contributed by atoms with Gasteiger partial charge in [0, 0.05) is 11.3 Å². The number of rotatable bonds is 6. The molecule has 3 aromatic rings. The standard InChI is InChI=1S/C21H24N4O3/c1-12(2)10-18(23-19(26)15-7-5-4-6-13(15)3)20(27)22-14-8-9-16-17(11-14)25-21(28)24-16/h4-9,11-12,18H,10H2,1-3H3,(H,22,27)(H,23,26)(H2,24,25,28). The van der Waals surface area contributed by atoms with E-state index < -0.39 is 6.04 Å². The number of anilines is 1. The van der Waals surface area contributed by atoms with Crippen LogP contribution in [0.4, 0.5) is 5.69 Å². The zero-order chi connectivity index (χ0) is 20.3. The van der Waals surface area contributed by atoms with E-state index in [1.807, 2.05) is 32.9 Å². The van der Waals surface area contributed by atoms with Crippen molar-refractivity contribution in [2.75, 3.05) is 5.32 Å². The second-order valence-electron chi connectivity index (χ2n) is 7.30. The number of nitrogens with one attached hydrogen (secondary N) is 4. The smallest absolute Gasteiger partial charge is 0.323 e. The zero-order valence-electron chi connectivity index (χ0n) is 16.1. The molecule has 0 fully saturated rings. The molecule has 1 atom stereocenters. The molecule has 0 saturated heterocycles. The number of imidazole rings is 1. The molecule has 1 unspecified atom stereocenters. The van der Waals surface area contributed by atoms with E-state index in [-0.39, 0.29) is 23.4 Å². The van der Waals surface area contributed by atoms with Gasteiger partial charge in [-0.3, -0.25) is 9.59 Å². The molecule has 1 aromatic heterocycles. The van der Waals surface area contributed by atoms with Crippen molar-refractivity contribution in [3.05, 3.63) is 64.1 Å². The third-order valence-corrected chi connectivity index (χ3v) is 4.50. The van der Waals surface area contributed by atoms with E-state index in [0.29, 0.717) is 28.7 Å². The molecule has 7 nitrogen and oxygen atoms in total. The lowest BCUT2D eigenvalue weighted by molar-refractivity contribution is -0.118. The van der Waals surface area contributed by atoms with Crippen LogP contribution in [0.25, 0.3) is 11.0 Å². The first-order valence-corrected chi connectivity index (χ1v) is 9.23. The maximum Gasteiger partial charge on any atom is 0.323 e. The second kappa shape index (κ2) is 8.12. The molecule has 0 aliphatic rings. The number of hydrogen-bond donors (Lipinski definition) is 4. The number of aromatic nitrogens is 2. The van der Waals surface area contributed by atoms with E-state index in [1.165, 1.54) is 0 Å². The van der Waals surface area contributed by atoms with Gasteiger partial charge in [-0.25, -0.2) is 4.79 Å². The molecule has 2 aromatic carbocycles. The molecule has 0 aliphatic carbocycles. The summed E-state index contributed by atoms with van der Waals surface area (Å²) in [4.78, 5) is 42.2. The minimum absolute atomic E-state index is 0.219.